The molecule has 3 aromatic heterocycles. The molecule has 0 saturated heterocycles. The summed E-state index contributed by atoms with van der Waals surface area (Å²) in [5.74, 6) is -1.24. The lowest BCUT2D eigenvalue weighted by Crippen LogP contribution is -2.48. The first-order valence-corrected chi connectivity index (χ1v) is 18.4. The van der Waals surface area contributed by atoms with Crippen molar-refractivity contribution in [3.05, 3.63) is 89.0 Å². The molecule has 2 amide bonds. The van der Waals surface area contributed by atoms with Crippen molar-refractivity contribution in [1.82, 2.24) is 29.5 Å². The number of carbonyl (C=O) groups is 2. The third kappa shape index (κ3) is 6.40. The summed E-state index contributed by atoms with van der Waals surface area (Å²) in [5, 5.41) is 16.6. The normalized spacial score (nSPS) is 19.1. The lowest BCUT2D eigenvalue weighted by atomic mass is 9.90. The highest BCUT2D eigenvalue weighted by molar-refractivity contribution is 7.17. The number of rotatable bonds is 8. The number of pyridine rings is 1. The molecule has 2 aromatic carbocycles. The minimum atomic E-state index is -0.840. The van der Waals surface area contributed by atoms with E-state index in [1.807, 2.05) is 54.7 Å². The van der Waals surface area contributed by atoms with Crippen LogP contribution in [-0.2, 0) is 22.6 Å². The molecule has 0 fully saturated rings. The zero-order valence-corrected chi connectivity index (χ0v) is 31.4. The number of hydrogen-bond acceptors (Lipinski definition) is 8. The van der Waals surface area contributed by atoms with Gasteiger partial charge in [-0.15, -0.1) is 11.3 Å². The van der Waals surface area contributed by atoms with E-state index in [1.54, 1.807) is 36.9 Å². The van der Waals surface area contributed by atoms with Crippen molar-refractivity contribution < 1.29 is 28.2 Å². The molecule has 276 valence electrons. The molecule has 10 nitrogen and oxygen atoms in total. The summed E-state index contributed by atoms with van der Waals surface area (Å²) in [6.45, 7) is 9.92. The zero-order valence-electron chi connectivity index (χ0n) is 30.6. The van der Waals surface area contributed by atoms with Crippen molar-refractivity contribution in [2.24, 2.45) is 0 Å². The second-order valence-electron chi connectivity index (χ2n) is 14.2. The number of likely N-dealkylation sites (N-methyl/N-ethyl adjacent to an activating group) is 2. The van der Waals surface area contributed by atoms with E-state index in [2.05, 4.69) is 6.58 Å². The molecule has 53 heavy (non-hydrogen) atoms. The SMILES string of the molecule is C=CC(=O)N1C[C@H](C)n2nc(-c3nc(-c4ccc5c(c4)CN(C)[C@H](C(=O)N(C)C)C5)c4scc(F)c4c3-c3c(F)cccc3OC[C@@H](C)O)cc2[C@H]1C. The van der Waals surface area contributed by atoms with Gasteiger partial charge in [0.05, 0.1) is 45.9 Å². The summed E-state index contributed by atoms with van der Waals surface area (Å²) >= 11 is 1.18. The maximum absolute atomic E-state index is 16.4. The third-order valence-electron chi connectivity index (χ3n) is 10.2. The van der Waals surface area contributed by atoms with E-state index >= 15 is 8.78 Å². The van der Waals surface area contributed by atoms with Gasteiger partial charge < -0.3 is 19.6 Å². The Morgan fingerprint density at radius 2 is 1.89 bits per heavy atom. The van der Waals surface area contributed by atoms with Gasteiger partial charge in [-0.25, -0.2) is 13.8 Å². The quantitative estimate of drug-likeness (QED) is 0.178. The number of aliphatic hydroxyl groups is 1. The van der Waals surface area contributed by atoms with E-state index in [1.165, 1.54) is 34.9 Å². The van der Waals surface area contributed by atoms with Crippen LogP contribution in [0.2, 0.25) is 0 Å². The molecule has 0 saturated carbocycles. The predicted octanol–water partition coefficient (Wildman–Crippen LogP) is 6.63. The summed E-state index contributed by atoms with van der Waals surface area (Å²) in [5.41, 5.74) is 4.86. The average molecular weight is 741 g/mol. The minimum Gasteiger partial charge on any atom is -0.490 e. The topological polar surface area (TPSA) is 104 Å². The van der Waals surface area contributed by atoms with Gasteiger partial charge in [0.15, 0.2) is 0 Å². The van der Waals surface area contributed by atoms with Crippen LogP contribution in [0.3, 0.4) is 0 Å². The van der Waals surface area contributed by atoms with Crippen molar-refractivity contribution >= 4 is 33.2 Å². The standard InChI is InChI=1S/C40H42F2N6O4S/c1-8-33(50)47-17-21(2)48-30(23(47)4)16-29(44-48)38-36(34-27(41)10-9-11-32(34)52-19-22(3)49)35-28(42)20-53-39(35)37(43-38)25-13-12-24-15-31(40(51)45(5)6)46(7)18-26(24)14-25/h8-14,16,20-23,31,49H,1,15,17-19H2,2-7H3/t21-,22+,23+,31-/m0/s1. The van der Waals surface area contributed by atoms with Gasteiger partial charge in [-0.3, -0.25) is 19.2 Å². The second-order valence-corrected chi connectivity index (χ2v) is 15.1. The number of aromatic nitrogens is 3. The van der Waals surface area contributed by atoms with Gasteiger partial charge in [0.2, 0.25) is 11.8 Å². The van der Waals surface area contributed by atoms with E-state index in [0.29, 0.717) is 35.6 Å². The molecule has 0 spiro atoms. The van der Waals surface area contributed by atoms with Gasteiger partial charge in [-0.05, 0) is 75.7 Å². The number of halogens is 2. The molecular weight excluding hydrogens is 699 g/mol. The number of thiophene rings is 1. The van der Waals surface area contributed by atoms with Crippen LogP contribution in [0.1, 0.15) is 49.7 Å². The minimum absolute atomic E-state index is 0.00342. The number of amides is 2. The van der Waals surface area contributed by atoms with Crippen LogP contribution in [-0.4, -0.2) is 92.8 Å². The number of benzene rings is 2. The van der Waals surface area contributed by atoms with Crippen molar-refractivity contribution in [3.63, 3.8) is 0 Å². The van der Waals surface area contributed by atoms with E-state index < -0.39 is 17.7 Å². The number of aliphatic hydroxyl groups excluding tert-OH is 1. The highest BCUT2D eigenvalue weighted by Crippen LogP contribution is 2.48. The van der Waals surface area contributed by atoms with Crippen molar-refractivity contribution in [2.45, 2.75) is 58.0 Å². The molecular formula is C40H42F2N6O4S. The van der Waals surface area contributed by atoms with Gasteiger partial charge in [0.25, 0.3) is 0 Å². The largest absolute Gasteiger partial charge is 0.490 e. The summed E-state index contributed by atoms with van der Waals surface area (Å²) < 4.78 is 40.9. The molecule has 2 aliphatic heterocycles. The van der Waals surface area contributed by atoms with Gasteiger partial charge in [0, 0.05) is 49.1 Å². The Kier molecular flexibility index (Phi) is 9.68. The van der Waals surface area contributed by atoms with Gasteiger partial charge in [-0.1, -0.05) is 24.8 Å². The number of nitrogens with zero attached hydrogens (tertiary/aromatic N) is 6. The van der Waals surface area contributed by atoms with Crippen LogP contribution in [0.4, 0.5) is 8.78 Å². The Morgan fingerprint density at radius 1 is 1.11 bits per heavy atom. The lowest BCUT2D eigenvalue weighted by Gasteiger charge is -2.36. The van der Waals surface area contributed by atoms with Crippen LogP contribution in [0.15, 0.2) is 60.5 Å². The van der Waals surface area contributed by atoms with E-state index in [9.17, 15) is 14.7 Å². The molecule has 0 bridgehead atoms. The molecule has 5 heterocycles. The molecule has 0 radical (unpaired) electrons. The van der Waals surface area contributed by atoms with Gasteiger partial charge in [-0.2, -0.15) is 5.10 Å². The van der Waals surface area contributed by atoms with Crippen molar-refractivity contribution in [1.29, 1.82) is 0 Å². The van der Waals surface area contributed by atoms with E-state index in [0.717, 1.165) is 22.4 Å². The van der Waals surface area contributed by atoms with E-state index in [-0.39, 0.29) is 64.5 Å². The Hall–Kier alpha value is -4.98. The molecule has 13 heteroatoms. The predicted molar refractivity (Wildman–Crippen MR) is 201 cm³/mol. The maximum Gasteiger partial charge on any atom is 0.246 e. The Labute approximate surface area is 310 Å². The number of ether oxygens (including phenoxy) is 1. The Bertz CT molecular complexity index is 2270. The van der Waals surface area contributed by atoms with Gasteiger partial charge >= 0.3 is 0 Å². The van der Waals surface area contributed by atoms with Gasteiger partial charge in [0.1, 0.15) is 35.4 Å². The molecule has 7 rings (SSSR count). The van der Waals surface area contributed by atoms with Crippen LogP contribution in [0.5, 0.6) is 5.75 Å². The second kappa shape index (κ2) is 14.1. The first kappa shape index (κ1) is 36.4. The first-order chi connectivity index (χ1) is 25.3. The van der Waals surface area contributed by atoms with Crippen LogP contribution in [0.25, 0.3) is 43.9 Å². The molecule has 5 aromatic rings. The first-order valence-electron chi connectivity index (χ1n) is 17.6. The molecule has 4 atom stereocenters. The fourth-order valence-electron chi connectivity index (χ4n) is 7.49. The van der Waals surface area contributed by atoms with Crippen molar-refractivity contribution in [2.75, 3.05) is 34.3 Å². The third-order valence-corrected chi connectivity index (χ3v) is 11.1. The zero-order chi connectivity index (χ0) is 37.9. The summed E-state index contributed by atoms with van der Waals surface area (Å²) in [6, 6.07) is 11.3. The average Bonchev–Trinajstić information content (AvgIpc) is 3.76. The maximum atomic E-state index is 16.4. The molecule has 2 aliphatic rings. The number of hydrogen-bond donors (Lipinski definition) is 1. The lowest BCUT2D eigenvalue weighted by molar-refractivity contribution is -0.134. The molecule has 0 unspecified atom stereocenters. The molecule has 1 N–H and O–H groups in total. The fourth-order valence-corrected chi connectivity index (χ4v) is 8.42. The number of carbonyl (C=O) groups excluding carboxylic acids is 2. The van der Waals surface area contributed by atoms with Crippen LogP contribution >= 0.6 is 11.3 Å². The van der Waals surface area contributed by atoms with Crippen molar-refractivity contribution in [3.8, 4) is 39.5 Å². The van der Waals surface area contributed by atoms with Crippen LogP contribution < -0.4 is 4.74 Å². The summed E-state index contributed by atoms with van der Waals surface area (Å²) in [7, 11) is 5.44. The Balaban J connectivity index is 1.47. The molecule has 0 aliphatic carbocycles. The highest BCUT2D eigenvalue weighted by Gasteiger charge is 2.35. The van der Waals surface area contributed by atoms with Crippen LogP contribution in [0, 0.1) is 11.6 Å². The highest BCUT2D eigenvalue weighted by atomic mass is 32.1. The Morgan fingerprint density at radius 3 is 2.60 bits per heavy atom. The number of fused-ring (bicyclic) bond motifs is 3. The monoisotopic (exact) mass is 740 g/mol. The van der Waals surface area contributed by atoms with E-state index in [4.69, 9.17) is 14.8 Å². The summed E-state index contributed by atoms with van der Waals surface area (Å²) in [4.78, 5) is 36.4. The fraction of sp³-hybridized carbons (Fsp3) is 0.350. The summed E-state index contributed by atoms with van der Waals surface area (Å²) in [6.07, 6.45) is 1.00. The smallest absolute Gasteiger partial charge is 0.246 e.